The van der Waals surface area contributed by atoms with Crippen molar-refractivity contribution in [1.82, 2.24) is 4.90 Å². The molecule has 2 nitrogen and oxygen atoms in total. The summed E-state index contributed by atoms with van der Waals surface area (Å²) >= 11 is 9.57. The van der Waals surface area contributed by atoms with E-state index in [4.69, 9.17) is 11.6 Å². The van der Waals surface area contributed by atoms with Crippen LogP contribution in [0, 0.1) is 5.92 Å². The lowest BCUT2D eigenvalue weighted by Crippen LogP contribution is -2.23. The summed E-state index contributed by atoms with van der Waals surface area (Å²) in [7, 11) is 0. The molecule has 1 saturated heterocycles. The molecule has 1 aromatic carbocycles. The lowest BCUT2D eigenvalue weighted by Gasteiger charge is -2.19. The van der Waals surface area contributed by atoms with Crippen LogP contribution in [0.25, 0.3) is 0 Å². The molecule has 1 aliphatic rings. The van der Waals surface area contributed by atoms with Crippen LogP contribution in [0.3, 0.4) is 0 Å². The fourth-order valence-corrected chi connectivity index (χ4v) is 3.79. The van der Waals surface area contributed by atoms with Crippen LogP contribution in [0.5, 0.6) is 0 Å². The van der Waals surface area contributed by atoms with E-state index in [9.17, 15) is 5.11 Å². The smallest absolute Gasteiger partial charge is 0.0816 e. The third-order valence-electron chi connectivity index (χ3n) is 4.11. The normalized spacial score (nSPS) is 21.3. The summed E-state index contributed by atoms with van der Waals surface area (Å²) in [6.45, 7) is 5.57. The predicted octanol–water partition coefficient (Wildman–Crippen LogP) is 4.65. The summed E-state index contributed by atoms with van der Waals surface area (Å²) in [5.41, 5.74) is 0.833. The first kappa shape index (κ1) is 16.3. The minimum absolute atomic E-state index is 0.471. The average molecular weight is 361 g/mol. The monoisotopic (exact) mass is 359 g/mol. The van der Waals surface area contributed by atoms with Crippen LogP contribution in [-0.2, 0) is 0 Å². The average Bonchev–Trinajstić information content (AvgIpc) is 2.84. The maximum atomic E-state index is 10.3. The lowest BCUT2D eigenvalue weighted by atomic mass is 10.0. The van der Waals surface area contributed by atoms with Gasteiger partial charge in [0, 0.05) is 22.6 Å². The fourth-order valence-electron chi connectivity index (χ4n) is 2.99. The summed E-state index contributed by atoms with van der Waals surface area (Å²) in [6, 6.07) is 5.67. The molecule has 2 unspecified atom stereocenters. The van der Waals surface area contributed by atoms with Crippen molar-refractivity contribution in [1.29, 1.82) is 0 Å². The zero-order chi connectivity index (χ0) is 14.5. The molecule has 1 aromatic rings. The van der Waals surface area contributed by atoms with Gasteiger partial charge in [0.2, 0.25) is 0 Å². The molecule has 112 valence electrons. The molecule has 1 aliphatic heterocycles. The largest absolute Gasteiger partial charge is 0.388 e. The van der Waals surface area contributed by atoms with E-state index in [2.05, 4.69) is 27.8 Å². The third-order valence-corrected chi connectivity index (χ3v) is 4.93. The van der Waals surface area contributed by atoms with Gasteiger partial charge in [-0.2, -0.15) is 0 Å². The quantitative estimate of drug-likeness (QED) is 0.798. The van der Waals surface area contributed by atoms with Gasteiger partial charge in [-0.1, -0.05) is 46.9 Å². The van der Waals surface area contributed by atoms with Crippen molar-refractivity contribution in [2.45, 2.75) is 38.7 Å². The molecular formula is C16H23BrClNO. The van der Waals surface area contributed by atoms with Crippen LogP contribution >= 0.6 is 27.5 Å². The number of benzene rings is 1. The van der Waals surface area contributed by atoms with Crippen molar-refractivity contribution < 1.29 is 5.11 Å². The molecule has 1 heterocycles. The van der Waals surface area contributed by atoms with Gasteiger partial charge in [0.1, 0.15) is 0 Å². The minimum Gasteiger partial charge on any atom is -0.388 e. The minimum atomic E-state index is -0.471. The van der Waals surface area contributed by atoms with Gasteiger partial charge in [-0.25, -0.2) is 0 Å². The Morgan fingerprint density at radius 3 is 3.00 bits per heavy atom. The van der Waals surface area contributed by atoms with Gasteiger partial charge in [0.25, 0.3) is 0 Å². The molecule has 0 amide bonds. The molecule has 1 N–H and O–H groups in total. The molecule has 0 radical (unpaired) electrons. The van der Waals surface area contributed by atoms with E-state index in [1.54, 1.807) is 0 Å². The van der Waals surface area contributed by atoms with Crippen LogP contribution < -0.4 is 0 Å². The molecule has 0 aromatic heterocycles. The molecule has 1 fully saturated rings. The van der Waals surface area contributed by atoms with E-state index >= 15 is 0 Å². The first-order valence-electron chi connectivity index (χ1n) is 7.45. The summed E-state index contributed by atoms with van der Waals surface area (Å²) in [5, 5.41) is 10.9. The molecule has 20 heavy (non-hydrogen) atoms. The Morgan fingerprint density at radius 1 is 1.50 bits per heavy atom. The second-order valence-electron chi connectivity index (χ2n) is 5.71. The summed E-state index contributed by atoms with van der Waals surface area (Å²) in [4.78, 5) is 2.47. The number of nitrogens with zero attached hydrogens (tertiary/aromatic N) is 1. The van der Waals surface area contributed by atoms with Gasteiger partial charge in [0.15, 0.2) is 0 Å². The van der Waals surface area contributed by atoms with Gasteiger partial charge in [-0.3, -0.25) is 0 Å². The Kier molecular flexibility index (Phi) is 6.34. The SMILES string of the molecule is CCCC1CCN(CCC(O)c2ccc(Br)cc2Cl)C1. The van der Waals surface area contributed by atoms with Crippen LogP contribution in [0.1, 0.15) is 44.3 Å². The zero-order valence-electron chi connectivity index (χ0n) is 12.0. The number of likely N-dealkylation sites (tertiary alicyclic amines) is 1. The highest BCUT2D eigenvalue weighted by Gasteiger charge is 2.22. The Morgan fingerprint density at radius 2 is 2.30 bits per heavy atom. The number of hydrogen-bond donors (Lipinski definition) is 1. The second-order valence-corrected chi connectivity index (χ2v) is 7.04. The molecule has 2 atom stereocenters. The van der Waals surface area contributed by atoms with Crippen molar-refractivity contribution in [3.05, 3.63) is 33.3 Å². The lowest BCUT2D eigenvalue weighted by molar-refractivity contribution is 0.148. The van der Waals surface area contributed by atoms with Crippen molar-refractivity contribution in [3.63, 3.8) is 0 Å². The van der Waals surface area contributed by atoms with Crippen LogP contribution in [0.2, 0.25) is 5.02 Å². The zero-order valence-corrected chi connectivity index (χ0v) is 14.3. The van der Waals surface area contributed by atoms with Gasteiger partial charge in [0.05, 0.1) is 6.10 Å². The van der Waals surface area contributed by atoms with E-state index in [1.165, 1.54) is 32.4 Å². The van der Waals surface area contributed by atoms with Crippen molar-refractivity contribution >= 4 is 27.5 Å². The first-order chi connectivity index (χ1) is 9.60. The van der Waals surface area contributed by atoms with Crippen LogP contribution in [0.15, 0.2) is 22.7 Å². The highest BCUT2D eigenvalue weighted by atomic mass is 79.9. The standard InChI is InChI=1S/C16H23BrClNO/c1-2-3-12-6-8-19(11-12)9-7-16(20)14-5-4-13(17)10-15(14)18/h4-5,10,12,16,20H,2-3,6-9,11H2,1H3. The maximum Gasteiger partial charge on any atom is 0.0816 e. The third kappa shape index (κ3) is 4.45. The second kappa shape index (κ2) is 7.79. The van der Waals surface area contributed by atoms with E-state index in [1.807, 2.05) is 18.2 Å². The molecule has 4 heteroatoms. The van der Waals surface area contributed by atoms with E-state index in [-0.39, 0.29) is 0 Å². The summed E-state index contributed by atoms with van der Waals surface area (Å²) in [6.07, 6.45) is 4.19. The summed E-state index contributed by atoms with van der Waals surface area (Å²) in [5.74, 6) is 0.855. The topological polar surface area (TPSA) is 23.5 Å². The van der Waals surface area contributed by atoms with Crippen LogP contribution in [0.4, 0.5) is 0 Å². The fraction of sp³-hybridized carbons (Fsp3) is 0.625. The Balaban J connectivity index is 1.82. The highest BCUT2D eigenvalue weighted by Crippen LogP contribution is 2.29. The highest BCUT2D eigenvalue weighted by molar-refractivity contribution is 9.10. The molecule has 0 saturated carbocycles. The van der Waals surface area contributed by atoms with Gasteiger partial charge >= 0.3 is 0 Å². The predicted molar refractivity (Wildman–Crippen MR) is 88.2 cm³/mol. The van der Waals surface area contributed by atoms with E-state index < -0.39 is 6.10 Å². The number of aliphatic hydroxyl groups excluding tert-OH is 1. The van der Waals surface area contributed by atoms with E-state index in [0.717, 1.165) is 28.9 Å². The van der Waals surface area contributed by atoms with Crippen molar-refractivity contribution in [3.8, 4) is 0 Å². The van der Waals surface area contributed by atoms with Crippen molar-refractivity contribution in [2.75, 3.05) is 19.6 Å². The molecule has 0 aliphatic carbocycles. The molecular weight excluding hydrogens is 338 g/mol. The number of hydrogen-bond acceptors (Lipinski definition) is 2. The van der Waals surface area contributed by atoms with Crippen molar-refractivity contribution in [2.24, 2.45) is 5.92 Å². The van der Waals surface area contributed by atoms with Crippen LogP contribution in [-0.4, -0.2) is 29.6 Å². The number of rotatable bonds is 6. The number of aliphatic hydroxyl groups is 1. The van der Waals surface area contributed by atoms with Gasteiger partial charge < -0.3 is 10.0 Å². The summed E-state index contributed by atoms with van der Waals surface area (Å²) < 4.78 is 0.945. The van der Waals surface area contributed by atoms with E-state index in [0.29, 0.717) is 5.02 Å². The molecule has 2 rings (SSSR count). The molecule has 0 bridgehead atoms. The molecule has 0 spiro atoms. The first-order valence-corrected chi connectivity index (χ1v) is 8.62. The Bertz CT molecular complexity index is 440. The Hall–Kier alpha value is -0.0900. The Labute approximate surface area is 135 Å². The number of halogens is 2. The van der Waals surface area contributed by atoms with Gasteiger partial charge in [-0.15, -0.1) is 0 Å². The van der Waals surface area contributed by atoms with Gasteiger partial charge in [-0.05, 0) is 49.4 Å². The maximum absolute atomic E-state index is 10.3.